The molecule has 76 valence electrons. The molecule has 0 atom stereocenters. The topological polar surface area (TPSA) is 49.4 Å². The highest BCUT2D eigenvalue weighted by Gasteiger charge is 2.17. The van der Waals surface area contributed by atoms with Crippen molar-refractivity contribution in [2.75, 3.05) is 25.5 Å². The van der Waals surface area contributed by atoms with Crippen molar-refractivity contribution in [1.82, 2.24) is 10.2 Å². The van der Waals surface area contributed by atoms with Gasteiger partial charge in [0, 0.05) is 25.5 Å². The third-order valence-corrected chi connectivity index (χ3v) is 1.81. The molecule has 0 aromatic rings. The Labute approximate surface area is 83.2 Å². The number of carbonyl (C=O) groups is 2. The fraction of sp³-hybridized carbons (Fsp3) is 0.750. The monoisotopic (exact) mass is 206 g/mol. The van der Waals surface area contributed by atoms with E-state index in [1.54, 1.807) is 0 Å². The molecule has 0 aliphatic rings. The van der Waals surface area contributed by atoms with Crippen molar-refractivity contribution < 1.29 is 9.59 Å². The van der Waals surface area contributed by atoms with Crippen LogP contribution in [0.4, 0.5) is 0 Å². The number of nitrogens with one attached hydrogen (secondary N) is 1. The summed E-state index contributed by atoms with van der Waals surface area (Å²) >= 11 is 5.36. The number of alkyl halides is 1. The van der Waals surface area contributed by atoms with Crippen molar-refractivity contribution in [3.8, 4) is 0 Å². The van der Waals surface area contributed by atoms with Crippen molar-refractivity contribution in [3.63, 3.8) is 0 Å². The van der Waals surface area contributed by atoms with Gasteiger partial charge in [0.2, 0.25) is 0 Å². The molecular weight excluding hydrogens is 192 g/mol. The summed E-state index contributed by atoms with van der Waals surface area (Å²) in [5.41, 5.74) is 0. The molecule has 0 aliphatic heterocycles. The number of amides is 2. The molecule has 1 N–H and O–H groups in total. The van der Waals surface area contributed by atoms with Gasteiger partial charge in [-0.3, -0.25) is 9.59 Å². The molecule has 0 rings (SSSR count). The smallest absolute Gasteiger partial charge is 0.311 e. The number of nitrogens with zero attached hydrogens (tertiary/aromatic N) is 1. The molecule has 0 aromatic carbocycles. The van der Waals surface area contributed by atoms with E-state index in [9.17, 15) is 9.59 Å². The van der Waals surface area contributed by atoms with Crippen LogP contribution in [0.2, 0.25) is 0 Å². The second-order valence-electron chi connectivity index (χ2n) is 2.42. The Morgan fingerprint density at radius 3 is 2.23 bits per heavy atom. The van der Waals surface area contributed by atoms with Crippen LogP contribution < -0.4 is 5.32 Å². The lowest BCUT2D eigenvalue weighted by Crippen LogP contribution is -2.43. The molecule has 13 heavy (non-hydrogen) atoms. The van der Waals surface area contributed by atoms with E-state index in [0.717, 1.165) is 0 Å². The Balaban J connectivity index is 4.00. The van der Waals surface area contributed by atoms with E-state index in [-0.39, 0.29) is 0 Å². The van der Waals surface area contributed by atoms with Gasteiger partial charge in [0.25, 0.3) is 0 Å². The van der Waals surface area contributed by atoms with Crippen LogP contribution in [-0.4, -0.2) is 42.2 Å². The zero-order chi connectivity index (χ0) is 10.3. The number of halogens is 1. The number of carbonyl (C=O) groups excluding carboxylic acids is 2. The molecule has 0 heterocycles. The van der Waals surface area contributed by atoms with Crippen LogP contribution in [0, 0.1) is 0 Å². The van der Waals surface area contributed by atoms with E-state index < -0.39 is 11.8 Å². The Morgan fingerprint density at radius 2 is 1.85 bits per heavy atom. The molecule has 4 nitrogen and oxygen atoms in total. The minimum Gasteiger partial charge on any atom is -0.347 e. The fourth-order valence-electron chi connectivity index (χ4n) is 0.891. The van der Waals surface area contributed by atoms with Crippen LogP contribution in [0.15, 0.2) is 0 Å². The predicted octanol–water partition coefficient (Wildman–Crippen LogP) is 0.210. The second kappa shape index (κ2) is 6.71. The average Bonchev–Trinajstić information content (AvgIpc) is 2.15. The summed E-state index contributed by atoms with van der Waals surface area (Å²) in [6.45, 7) is 5.08. The largest absolute Gasteiger partial charge is 0.347 e. The van der Waals surface area contributed by atoms with Gasteiger partial charge in [0.1, 0.15) is 0 Å². The first kappa shape index (κ1) is 12.2. The van der Waals surface area contributed by atoms with Crippen LogP contribution in [-0.2, 0) is 9.59 Å². The van der Waals surface area contributed by atoms with E-state index in [1.165, 1.54) is 4.90 Å². The van der Waals surface area contributed by atoms with Gasteiger partial charge in [0.05, 0.1) is 0 Å². The minimum absolute atomic E-state index is 0.317. The van der Waals surface area contributed by atoms with Gasteiger partial charge in [-0.05, 0) is 13.8 Å². The Kier molecular flexibility index (Phi) is 6.32. The Morgan fingerprint density at radius 1 is 1.31 bits per heavy atom. The van der Waals surface area contributed by atoms with Crippen LogP contribution in [0.25, 0.3) is 0 Å². The SMILES string of the molecule is CCN(CC)C(=O)C(=O)NCCCl. The third-order valence-electron chi connectivity index (χ3n) is 1.62. The van der Waals surface area contributed by atoms with Gasteiger partial charge in [-0.15, -0.1) is 11.6 Å². The maximum Gasteiger partial charge on any atom is 0.311 e. The summed E-state index contributed by atoms with van der Waals surface area (Å²) in [5, 5.41) is 2.42. The average molecular weight is 207 g/mol. The molecule has 0 aliphatic carbocycles. The third kappa shape index (κ3) is 4.12. The standard InChI is InChI=1S/C8H15ClN2O2/c1-3-11(4-2)8(13)7(12)10-6-5-9/h3-6H2,1-2H3,(H,10,12). The van der Waals surface area contributed by atoms with Gasteiger partial charge >= 0.3 is 11.8 Å². The number of hydrogen-bond donors (Lipinski definition) is 1. The van der Waals surface area contributed by atoms with E-state index in [4.69, 9.17) is 11.6 Å². The highest BCUT2D eigenvalue weighted by atomic mass is 35.5. The number of likely N-dealkylation sites (N-methyl/N-ethyl adjacent to an activating group) is 1. The lowest BCUT2D eigenvalue weighted by atomic mass is 10.4. The first-order valence-corrected chi connectivity index (χ1v) is 4.83. The maximum absolute atomic E-state index is 11.3. The van der Waals surface area contributed by atoms with Crippen molar-refractivity contribution >= 4 is 23.4 Å². The second-order valence-corrected chi connectivity index (χ2v) is 2.80. The first-order chi connectivity index (χ1) is 6.17. The van der Waals surface area contributed by atoms with Crippen molar-refractivity contribution in [3.05, 3.63) is 0 Å². The van der Waals surface area contributed by atoms with Gasteiger partial charge in [-0.1, -0.05) is 0 Å². The minimum atomic E-state index is -0.579. The van der Waals surface area contributed by atoms with E-state index >= 15 is 0 Å². The molecule has 0 bridgehead atoms. The van der Waals surface area contributed by atoms with Crippen molar-refractivity contribution in [2.45, 2.75) is 13.8 Å². The maximum atomic E-state index is 11.3. The highest BCUT2D eigenvalue weighted by molar-refractivity contribution is 6.35. The Hall–Kier alpha value is -0.770. The van der Waals surface area contributed by atoms with E-state index in [0.29, 0.717) is 25.5 Å². The van der Waals surface area contributed by atoms with Crippen LogP contribution in [0.3, 0.4) is 0 Å². The summed E-state index contributed by atoms with van der Waals surface area (Å²) < 4.78 is 0. The molecule has 0 aromatic heterocycles. The van der Waals surface area contributed by atoms with Crippen molar-refractivity contribution in [2.24, 2.45) is 0 Å². The fourth-order valence-corrected chi connectivity index (χ4v) is 0.985. The normalized spacial score (nSPS) is 9.46. The molecule has 0 fully saturated rings. The van der Waals surface area contributed by atoms with Gasteiger partial charge in [-0.25, -0.2) is 0 Å². The summed E-state index contributed by atoms with van der Waals surface area (Å²) in [7, 11) is 0. The predicted molar refractivity (Wildman–Crippen MR) is 51.7 cm³/mol. The molecule has 0 radical (unpaired) electrons. The van der Waals surface area contributed by atoms with E-state index in [2.05, 4.69) is 5.32 Å². The van der Waals surface area contributed by atoms with Gasteiger partial charge in [0.15, 0.2) is 0 Å². The quantitative estimate of drug-likeness (QED) is 0.528. The summed E-state index contributed by atoms with van der Waals surface area (Å²) in [6, 6.07) is 0. The van der Waals surface area contributed by atoms with Crippen LogP contribution >= 0.6 is 11.6 Å². The molecule has 0 saturated heterocycles. The summed E-state index contributed by atoms with van der Waals surface area (Å²) in [6.07, 6.45) is 0. The molecule has 0 unspecified atom stereocenters. The lowest BCUT2D eigenvalue weighted by molar-refractivity contribution is -0.145. The van der Waals surface area contributed by atoms with E-state index in [1.807, 2.05) is 13.8 Å². The molecular formula is C8H15ClN2O2. The lowest BCUT2D eigenvalue weighted by Gasteiger charge is -2.17. The Bertz CT molecular complexity index is 181. The van der Waals surface area contributed by atoms with Crippen molar-refractivity contribution in [1.29, 1.82) is 0 Å². The zero-order valence-corrected chi connectivity index (χ0v) is 8.73. The zero-order valence-electron chi connectivity index (χ0n) is 7.97. The molecule has 5 heteroatoms. The molecule has 0 saturated carbocycles. The summed E-state index contributed by atoms with van der Waals surface area (Å²) in [5.74, 6) is -0.753. The number of hydrogen-bond acceptors (Lipinski definition) is 2. The first-order valence-electron chi connectivity index (χ1n) is 4.30. The molecule has 2 amide bonds. The van der Waals surface area contributed by atoms with Crippen LogP contribution in [0.1, 0.15) is 13.8 Å². The van der Waals surface area contributed by atoms with Crippen LogP contribution in [0.5, 0.6) is 0 Å². The van der Waals surface area contributed by atoms with Gasteiger partial charge in [-0.2, -0.15) is 0 Å². The highest BCUT2D eigenvalue weighted by Crippen LogP contribution is 1.88. The summed E-state index contributed by atoms with van der Waals surface area (Å²) in [4.78, 5) is 23.8. The number of rotatable bonds is 4. The van der Waals surface area contributed by atoms with Gasteiger partial charge < -0.3 is 10.2 Å². The molecule has 0 spiro atoms.